The molecule has 1 aliphatic heterocycles. The van der Waals surface area contributed by atoms with E-state index in [0.717, 1.165) is 0 Å². The van der Waals surface area contributed by atoms with Gasteiger partial charge in [0, 0.05) is 0 Å². The van der Waals surface area contributed by atoms with E-state index in [1.165, 1.54) is 0 Å². The molecule has 1 fully saturated rings. The first-order valence-electron chi connectivity index (χ1n) is 4.25. The SMILES string of the molecule is O=C1NNC(c2ccccc2)S(=O)C1=O. The zero-order valence-electron chi connectivity index (χ0n) is 7.60. The van der Waals surface area contributed by atoms with Gasteiger partial charge in [-0.05, 0) is 5.56 Å². The molecule has 0 spiro atoms. The van der Waals surface area contributed by atoms with Crippen LogP contribution in [0.5, 0.6) is 0 Å². The quantitative estimate of drug-likeness (QED) is 0.636. The third kappa shape index (κ3) is 1.81. The Hall–Kier alpha value is -1.53. The van der Waals surface area contributed by atoms with Crippen LogP contribution in [0.25, 0.3) is 0 Å². The second-order valence-electron chi connectivity index (χ2n) is 2.97. The van der Waals surface area contributed by atoms with Gasteiger partial charge in [-0.3, -0.25) is 15.0 Å². The molecule has 0 radical (unpaired) electrons. The summed E-state index contributed by atoms with van der Waals surface area (Å²) < 4.78 is 11.6. The van der Waals surface area contributed by atoms with Crippen molar-refractivity contribution in [3.63, 3.8) is 0 Å². The molecule has 0 aliphatic carbocycles. The van der Waals surface area contributed by atoms with Crippen molar-refractivity contribution >= 4 is 21.8 Å². The highest BCUT2D eigenvalue weighted by atomic mass is 32.2. The van der Waals surface area contributed by atoms with Gasteiger partial charge in [-0.1, -0.05) is 30.3 Å². The third-order valence-corrected chi connectivity index (χ3v) is 3.37. The van der Waals surface area contributed by atoms with Gasteiger partial charge in [0.1, 0.15) is 16.2 Å². The molecule has 0 saturated carbocycles. The van der Waals surface area contributed by atoms with Crippen LogP contribution in [0.2, 0.25) is 0 Å². The van der Waals surface area contributed by atoms with Crippen molar-refractivity contribution in [3.05, 3.63) is 35.9 Å². The van der Waals surface area contributed by atoms with Crippen molar-refractivity contribution < 1.29 is 13.8 Å². The minimum atomic E-state index is -1.87. The molecule has 2 atom stereocenters. The van der Waals surface area contributed by atoms with Crippen LogP contribution in [0.15, 0.2) is 30.3 Å². The summed E-state index contributed by atoms with van der Waals surface area (Å²) in [5.41, 5.74) is 5.42. The molecule has 2 rings (SSSR count). The van der Waals surface area contributed by atoms with Crippen LogP contribution in [0.4, 0.5) is 0 Å². The Labute approximate surface area is 88.3 Å². The van der Waals surface area contributed by atoms with E-state index < -0.39 is 27.2 Å². The Bertz CT molecular complexity index is 432. The third-order valence-electron chi connectivity index (χ3n) is 2.00. The van der Waals surface area contributed by atoms with Crippen molar-refractivity contribution in [2.75, 3.05) is 0 Å². The van der Waals surface area contributed by atoms with Crippen molar-refractivity contribution in [1.29, 1.82) is 0 Å². The fourth-order valence-electron chi connectivity index (χ4n) is 1.27. The molecule has 0 bridgehead atoms. The van der Waals surface area contributed by atoms with Crippen molar-refractivity contribution in [2.24, 2.45) is 0 Å². The van der Waals surface area contributed by atoms with Crippen LogP contribution in [-0.2, 0) is 20.4 Å². The Balaban J connectivity index is 2.29. The maximum absolute atomic E-state index is 11.6. The number of amides is 1. The number of hydrazine groups is 1. The monoisotopic (exact) mass is 224 g/mol. The Morgan fingerprint density at radius 1 is 1.13 bits per heavy atom. The molecule has 78 valence electrons. The fourth-order valence-corrected chi connectivity index (χ4v) is 2.29. The zero-order chi connectivity index (χ0) is 10.8. The minimum Gasteiger partial charge on any atom is -0.283 e. The van der Waals surface area contributed by atoms with Crippen LogP contribution < -0.4 is 10.9 Å². The van der Waals surface area contributed by atoms with Crippen molar-refractivity contribution in [2.45, 2.75) is 5.37 Å². The second-order valence-corrected chi connectivity index (χ2v) is 4.41. The lowest BCUT2D eigenvalue weighted by Gasteiger charge is -2.22. The highest BCUT2D eigenvalue weighted by molar-refractivity contribution is 8.02. The summed E-state index contributed by atoms with van der Waals surface area (Å²) in [7, 11) is -1.87. The minimum absolute atomic E-state index is 0.670. The second kappa shape index (κ2) is 3.92. The lowest BCUT2D eigenvalue weighted by molar-refractivity contribution is -0.134. The first kappa shape index (κ1) is 10.0. The van der Waals surface area contributed by atoms with Gasteiger partial charge in [-0.25, -0.2) is 9.63 Å². The van der Waals surface area contributed by atoms with Gasteiger partial charge in [-0.15, -0.1) is 0 Å². The van der Waals surface area contributed by atoms with Gasteiger partial charge in [0.2, 0.25) is 0 Å². The Morgan fingerprint density at radius 3 is 2.47 bits per heavy atom. The summed E-state index contributed by atoms with van der Waals surface area (Å²) in [6.45, 7) is 0. The normalized spacial score (nSPS) is 26.1. The average molecular weight is 224 g/mol. The van der Waals surface area contributed by atoms with Crippen LogP contribution in [-0.4, -0.2) is 15.2 Å². The number of carbonyl (C=O) groups is 2. The molecule has 1 aliphatic rings. The summed E-state index contributed by atoms with van der Waals surface area (Å²) in [6.07, 6.45) is 0. The highest BCUT2D eigenvalue weighted by Crippen LogP contribution is 2.18. The Kier molecular flexibility index (Phi) is 2.61. The standard InChI is InChI=1S/C9H8N2O3S/c12-7-9(13)15(14)8(11-10-7)6-4-2-1-3-5-6/h1-5,8,11H,(H,10,12). The fraction of sp³-hybridized carbons (Fsp3) is 0.111. The molecule has 1 saturated heterocycles. The summed E-state index contributed by atoms with van der Waals surface area (Å²) in [5, 5.41) is -1.57. The van der Waals surface area contributed by atoms with E-state index in [2.05, 4.69) is 10.9 Å². The summed E-state index contributed by atoms with van der Waals surface area (Å²) >= 11 is 0. The van der Waals surface area contributed by atoms with E-state index in [1.807, 2.05) is 6.07 Å². The molecule has 2 unspecified atom stereocenters. The molecular formula is C9H8N2O3S. The lowest BCUT2D eigenvalue weighted by Crippen LogP contribution is -2.52. The maximum Gasteiger partial charge on any atom is 0.315 e. The van der Waals surface area contributed by atoms with E-state index in [9.17, 15) is 13.8 Å². The lowest BCUT2D eigenvalue weighted by atomic mass is 10.2. The largest absolute Gasteiger partial charge is 0.315 e. The number of carbonyl (C=O) groups excluding carboxylic acids is 2. The van der Waals surface area contributed by atoms with E-state index in [-0.39, 0.29) is 0 Å². The van der Waals surface area contributed by atoms with E-state index in [1.54, 1.807) is 24.3 Å². The molecule has 6 heteroatoms. The van der Waals surface area contributed by atoms with Gasteiger partial charge in [0.05, 0.1) is 0 Å². The maximum atomic E-state index is 11.6. The molecule has 2 N–H and O–H groups in total. The zero-order valence-corrected chi connectivity index (χ0v) is 8.41. The van der Waals surface area contributed by atoms with Crippen LogP contribution >= 0.6 is 0 Å². The molecule has 5 nitrogen and oxygen atoms in total. The van der Waals surface area contributed by atoms with Gasteiger partial charge in [0.25, 0.3) is 0 Å². The average Bonchev–Trinajstić information content (AvgIpc) is 2.27. The predicted molar refractivity (Wildman–Crippen MR) is 53.6 cm³/mol. The van der Waals surface area contributed by atoms with Crippen LogP contribution in [0.1, 0.15) is 10.9 Å². The molecule has 15 heavy (non-hydrogen) atoms. The Morgan fingerprint density at radius 2 is 1.80 bits per heavy atom. The first-order chi connectivity index (χ1) is 7.20. The summed E-state index contributed by atoms with van der Waals surface area (Å²) in [4.78, 5) is 22.0. The van der Waals surface area contributed by atoms with Crippen LogP contribution in [0.3, 0.4) is 0 Å². The molecule has 1 heterocycles. The van der Waals surface area contributed by atoms with Gasteiger partial charge in [-0.2, -0.15) is 0 Å². The number of benzene rings is 1. The molecule has 1 amide bonds. The van der Waals surface area contributed by atoms with E-state index in [0.29, 0.717) is 5.56 Å². The number of hydrogen-bond donors (Lipinski definition) is 2. The van der Waals surface area contributed by atoms with Gasteiger partial charge >= 0.3 is 11.0 Å². The van der Waals surface area contributed by atoms with E-state index in [4.69, 9.17) is 0 Å². The molecule has 1 aromatic carbocycles. The summed E-state index contributed by atoms with van der Waals surface area (Å²) in [6, 6.07) is 8.83. The number of nitrogens with one attached hydrogen (secondary N) is 2. The van der Waals surface area contributed by atoms with Gasteiger partial charge < -0.3 is 0 Å². The van der Waals surface area contributed by atoms with Crippen molar-refractivity contribution in [1.82, 2.24) is 10.9 Å². The highest BCUT2D eigenvalue weighted by Gasteiger charge is 2.34. The predicted octanol–water partition coefficient (Wildman–Crippen LogP) is -0.405. The van der Waals surface area contributed by atoms with E-state index >= 15 is 0 Å². The smallest absolute Gasteiger partial charge is 0.283 e. The number of hydrogen-bond acceptors (Lipinski definition) is 4. The summed E-state index contributed by atoms with van der Waals surface area (Å²) in [5.74, 6) is -0.861. The topological polar surface area (TPSA) is 75.3 Å². The molecular weight excluding hydrogens is 216 g/mol. The van der Waals surface area contributed by atoms with Crippen molar-refractivity contribution in [3.8, 4) is 0 Å². The van der Waals surface area contributed by atoms with Gasteiger partial charge in [0.15, 0.2) is 0 Å². The van der Waals surface area contributed by atoms with Crippen LogP contribution in [0, 0.1) is 0 Å². The first-order valence-corrected chi connectivity index (χ1v) is 5.47. The molecule has 1 aromatic rings. The molecule has 0 aromatic heterocycles. The number of rotatable bonds is 1.